The number of rotatable bonds is 3. The number of hydrogen-bond acceptors (Lipinski definition) is 5. The maximum atomic E-state index is 6.10. The highest BCUT2D eigenvalue weighted by Crippen LogP contribution is 2.32. The van der Waals surface area contributed by atoms with E-state index in [4.69, 9.17) is 4.74 Å². The lowest BCUT2D eigenvalue weighted by Gasteiger charge is -2.46. The maximum Gasteiger partial charge on any atom is 0.205 e. The van der Waals surface area contributed by atoms with Crippen LogP contribution >= 0.6 is 11.5 Å². The van der Waals surface area contributed by atoms with Crippen molar-refractivity contribution in [3.63, 3.8) is 0 Å². The largest absolute Gasteiger partial charge is 0.366 e. The topological polar surface area (TPSA) is 38.2 Å². The molecule has 19 heavy (non-hydrogen) atoms. The molecule has 0 aromatic carbocycles. The Morgan fingerprint density at radius 1 is 1.21 bits per heavy atom. The van der Waals surface area contributed by atoms with Crippen LogP contribution in [0.15, 0.2) is 0 Å². The molecule has 0 N–H and O–H groups in total. The molecule has 0 spiro atoms. The van der Waals surface area contributed by atoms with E-state index in [-0.39, 0.29) is 11.2 Å². The Bertz CT molecular complexity index is 424. The summed E-state index contributed by atoms with van der Waals surface area (Å²) in [5.41, 5.74) is -0.294. The fourth-order valence-electron chi connectivity index (χ4n) is 2.74. The van der Waals surface area contributed by atoms with E-state index in [9.17, 15) is 0 Å². The van der Waals surface area contributed by atoms with Gasteiger partial charge in [0.1, 0.15) is 5.82 Å². The molecular formula is C14H25N3OS. The molecule has 5 heteroatoms. The van der Waals surface area contributed by atoms with E-state index >= 15 is 0 Å². The summed E-state index contributed by atoms with van der Waals surface area (Å²) in [5.74, 6) is 1.57. The van der Waals surface area contributed by atoms with Gasteiger partial charge in [-0.25, -0.2) is 4.98 Å². The molecule has 1 fully saturated rings. The first-order valence-electron chi connectivity index (χ1n) is 6.95. The van der Waals surface area contributed by atoms with E-state index in [0.717, 1.165) is 30.5 Å². The third-order valence-corrected chi connectivity index (χ3v) is 3.83. The van der Waals surface area contributed by atoms with Gasteiger partial charge in [0, 0.05) is 31.0 Å². The van der Waals surface area contributed by atoms with E-state index in [1.165, 1.54) is 11.5 Å². The molecular weight excluding hydrogens is 258 g/mol. The van der Waals surface area contributed by atoms with Crippen LogP contribution in [0, 0.1) is 5.92 Å². The standard InChI is InChI=1S/C14H25N3OS/c1-10(2)7-11-15-12(19-16-11)17-8-13(3,4)18-14(5,6)9-17/h10H,7-9H2,1-6H3. The highest BCUT2D eigenvalue weighted by molar-refractivity contribution is 7.09. The summed E-state index contributed by atoms with van der Waals surface area (Å²) in [4.78, 5) is 6.99. The van der Waals surface area contributed by atoms with E-state index < -0.39 is 0 Å². The third kappa shape index (κ3) is 3.89. The van der Waals surface area contributed by atoms with E-state index in [0.29, 0.717) is 5.92 Å². The van der Waals surface area contributed by atoms with E-state index in [1.807, 2.05) is 0 Å². The molecule has 0 aliphatic carbocycles. The summed E-state index contributed by atoms with van der Waals surface area (Å²) in [6.45, 7) is 14.7. The summed E-state index contributed by atoms with van der Waals surface area (Å²) < 4.78 is 10.6. The molecule has 2 heterocycles. The lowest BCUT2D eigenvalue weighted by atomic mass is 9.99. The van der Waals surface area contributed by atoms with Gasteiger partial charge in [-0.1, -0.05) is 13.8 Å². The monoisotopic (exact) mass is 283 g/mol. The molecule has 2 rings (SSSR count). The molecule has 1 saturated heterocycles. The summed E-state index contributed by atoms with van der Waals surface area (Å²) in [6, 6.07) is 0. The minimum atomic E-state index is -0.147. The van der Waals surface area contributed by atoms with Crippen LogP contribution in [-0.2, 0) is 11.2 Å². The van der Waals surface area contributed by atoms with Gasteiger partial charge in [-0.05, 0) is 33.6 Å². The van der Waals surface area contributed by atoms with E-state index in [2.05, 4.69) is 55.8 Å². The summed E-state index contributed by atoms with van der Waals surface area (Å²) >= 11 is 1.51. The van der Waals surface area contributed by atoms with Gasteiger partial charge in [0.25, 0.3) is 0 Å². The van der Waals surface area contributed by atoms with Crippen LogP contribution < -0.4 is 4.90 Å². The SMILES string of the molecule is CC(C)Cc1nsc(N2CC(C)(C)OC(C)(C)C2)n1. The van der Waals surface area contributed by atoms with E-state index in [1.54, 1.807) is 0 Å². The van der Waals surface area contributed by atoms with Crippen LogP contribution in [0.4, 0.5) is 5.13 Å². The number of ether oxygens (including phenoxy) is 1. The van der Waals surface area contributed by atoms with Crippen molar-refractivity contribution in [2.45, 2.75) is 59.2 Å². The van der Waals surface area contributed by atoms with Crippen molar-refractivity contribution in [2.24, 2.45) is 5.92 Å². The van der Waals surface area contributed by atoms with Crippen molar-refractivity contribution in [3.05, 3.63) is 5.82 Å². The van der Waals surface area contributed by atoms with Crippen LogP contribution in [0.5, 0.6) is 0 Å². The summed E-state index contributed by atoms with van der Waals surface area (Å²) in [5, 5.41) is 1.03. The number of nitrogens with zero attached hydrogens (tertiary/aromatic N) is 3. The van der Waals surface area contributed by atoms with Gasteiger partial charge in [0.2, 0.25) is 5.13 Å². The fourth-order valence-corrected chi connectivity index (χ4v) is 3.44. The van der Waals surface area contributed by atoms with Gasteiger partial charge >= 0.3 is 0 Å². The lowest BCUT2D eigenvalue weighted by Crippen LogP contribution is -2.57. The van der Waals surface area contributed by atoms with Crippen molar-refractivity contribution < 1.29 is 4.74 Å². The smallest absolute Gasteiger partial charge is 0.205 e. The first-order valence-corrected chi connectivity index (χ1v) is 7.72. The summed E-state index contributed by atoms with van der Waals surface area (Å²) in [7, 11) is 0. The van der Waals surface area contributed by atoms with Crippen LogP contribution in [0.2, 0.25) is 0 Å². The first kappa shape index (κ1) is 14.7. The molecule has 1 aliphatic rings. The van der Waals surface area contributed by atoms with Gasteiger partial charge < -0.3 is 9.64 Å². The highest BCUT2D eigenvalue weighted by atomic mass is 32.1. The Morgan fingerprint density at radius 3 is 2.32 bits per heavy atom. The minimum absolute atomic E-state index is 0.147. The second-order valence-corrected chi connectivity index (χ2v) is 7.80. The van der Waals surface area contributed by atoms with Gasteiger partial charge in [0.15, 0.2) is 0 Å². The van der Waals surface area contributed by atoms with Crippen molar-refractivity contribution in [1.82, 2.24) is 9.36 Å². The fraction of sp³-hybridized carbons (Fsp3) is 0.857. The summed E-state index contributed by atoms with van der Waals surface area (Å²) in [6.07, 6.45) is 0.952. The Labute approximate surface area is 120 Å². The van der Waals surface area contributed by atoms with Crippen LogP contribution in [0.3, 0.4) is 0 Å². The molecule has 1 aromatic heterocycles. The molecule has 1 aliphatic heterocycles. The highest BCUT2D eigenvalue weighted by Gasteiger charge is 2.39. The van der Waals surface area contributed by atoms with Crippen LogP contribution in [0.25, 0.3) is 0 Å². The molecule has 1 aromatic rings. The maximum absolute atomic E-state index is 6.10. The Morgan fingerprint density at radius 2 is 1.79 bits per heavy atom. The van der Waals surface area contributed by atoms with Gasteiger partial charge in [-0.15, -0.1) is 0 Å². The second kappa shape index (κ2) is 5.02. The zero-order valence-corrected chi connectivity index (χ0v) is 13.7. The Hall–Kier alpha value is -0.680. The van der Waals surface area contributed by atoms with Crippen molar-refractivity contribution in [2.75, 3.05) is 18.0 Å². The normalized spacial score (nSPS) is 21.9. The van der Waals surface area contributed by atoms with Crippen molar-refractivity contribution in [1.29, 1.82) is 0 Å². The molecule has 0 atom stereocenters. The van der Waals surface area contributed by atoms with Gasteiger partial charge in [-0.2, -0.15) is 4.37 Å². The van der Waals surface area contributed by atoms with Crippen LogP contribution in [-0.4, -0.2) is 33.6 Å². The molecule has 108 valence electrons. The minimum Gasteiger partial charge on any atom is -0.366 e. The molecule has 0 unspecified atom stereocenters. The predicted octanol–water partition coefficient (Wildman–Crippen LogP) is 3.13. The number of anilines is 1. The first-order chi connectivity index (χ1) is 8.67. The molecule has 0 radical (unpaired) electrons. The van der Waals surface area contributed by atoms with Crippen molar-refractivity contribution in [3.8, 4) is 0 Å². The van der Waals surface area contributed by atoms with Crippen LogP contribution in [0.1, 0.15) is 47.4 Å². The molecule has 0 amide bonds. The zero-order valence-electron chi connectivity index (χ0n) is 12.9. The van der Waals surface area contributed by atoms with Gasteiger partial charge in [0.05, 0.1) is 11.2 Å². The molecule has 4 nitrogen and oxygen atoms in total. The molecule has 0 bridgehead atoms. The third-order valence-electron chi connectivity index (χ3n) is 3.01. The Balaban J connectivity index is 2.14. The lowest BCUT2D eigenvalue weighted by molar-refractivity contribution is -0.133. The van der Waals surface area contributed by atoms with Gasteiger partial charge in [-0.3, -0.25) is 0 Å². The number of aromatic nitrogens is 2. The number of morpholine rings is 1. The average Bonchev–Trinajstić information content (AvgIpc) is 2.59. The average molecular weight is 283 g/mol. The molecule has 0 saturated carbocycles. The number of hydrogen-bond donors (Lipinski definition) is 0. The zero-order chi connectivity index (χ0) is 14.3. The Kier molecular flexibility index (Phi) is 3.89. The van der Waals surface area contributed by atoms with Crippen molar-refractivity contribution >= 4 is 16.7 Å². The predicted molar refractivity (Wildman–Crippen MR) is 79.9 cm³/mol. The quantitative estimate of drug-likeness (QED) is 0.854. The second-order valence-electron chi connectivity index (χ2n) is 7.07.